The van der Waals surface area contributed by atoms with Gasteiger partial charge in [-0.25, -0.2) is 13.2 Å². The van der Waals surface area contributed by atoms with E-state index in [0.717, 1.165) is 0 Å². The zero-order chi connectivity index (χ0) is 18.8. The molecule has 0 aromatic heterocycles. The van der Waals surface area contributed by atoms with Crippen LogP contribution < -0.4 is 0 Å². The van der Waals surface area contributed by atoms with Crippen LogP contribution >= 0.6 is 0 Å². The fourth-order valence-electron chi connectivity index (χ4n) is 3.15. The molecule has 1 heterocycles. The van der Waals surface area contributed by atoms with Crippen LogP contribution in [0, 0.1) is 6.92 Å². The van der Waals surface area contributed by atoms with E-state index in [1.165, 1.54) is 15.3 Å². The largest absolute Gasteiger partial charge is 0.480 e. The van der Waals surface area contributed by atoms with Gasteiger partial charge in [-0.2, -0.15) is 4.31 Å². The van der Waals surface area contributed by atoms with Crippen LogP contribution in [-0.2, 0) is 14.8 Å². The Morgan fingerprint density at radius 2 is 1.92 bits per heavy atom. The summed E-state index contributed by atoms with van der Waals surface area (Å²) in [6.07, 6.45) is 1.04. The number of benzene rings is 1. The fourth-order valence-corrected chi connectivity index (χ4v) is 4.85. The van der Waals surface area contributed by atoms with Crippen molar-refractivity contribution in [1.29, 1.82) is 0 Å². The van der Waals surface area contributed by atoms with Crippen molar-refractivity contribution in [1.82, 2.24) is 9.21 Å². The predicted molar refractivity (Wildman–Crippen MR) is 93.0 cm³/mol. The van der Waals surface area contributed by atoms with E-state index < -0.39 is 27.9 Å². The van der Waals surface area contributed by atoms with E-state index in [4.69, 9.17) is 0 Å². The molecular formula is C17H24N2O5S. The van der Waals surface area contributed by atoms with Crippen LogP contribution in [0.2, 0.25) is 0 Å². The van der Waals surface area contributed by atoms with Crippen molar-refractivity contribution in [2.45, 2.75) is 44.6 Å². The van der Waals surface area contributed by atoms with Gasteiger partial charge in [0.25, 0.3) is 5.91 Å². The van der Waals surface area contributed by atoms with Crippen molar-refractivity contribution < 1.29 is 23.1 Å². The lowest BCUT2D eigenvalue weighted by atomic mass is 10.1. The molecule has 1 aromatic carbocycles. The minimum absolute atomic E-state index is 0.0909. The summed E-state index contributed by atoms with van der Waals surface area (Å²) in [6, 6.07) is 3.66. The molecule has 1 saturated heterocycles. The molecule has 1 fully saturated rings. The number of rotatable bonds is 6. The number of carbonyl (C=O) groups is 2. The first-order valence-corrected chi connectivity index (χ1v) is 9.82. The van der Waals surface area contributed by atoms with Crippen LogP contribution in [0.1, 0.15) is 42.6 Å². The van der Waals surface area contributed by atoms with Crippen molar-refractivity contribution in [2.75, 3.05) is 19.6 Å². The van der Waals surface area contributed by atoms with Gasteiger partial charge in [-0.05, 0) is 37.5 Å². The molecule has 2 rings (SSSR count). The normalized spacial score (nSPS) is 17.9. The Morgan fingerprint density at radius 3 is 2.48 bits per heavy atom. The summed E-state index contributed by atoms with van der Waals surface area (Å²) in [7, 11) is -3.69. The van der Waals surface area contributed by atoms with E-state index in [9.17, 15) is 23.1 Å². The molecule has 1 aliphatic rings. The molecule has 1 unspecified atom stereocenters. The van der Waals surface area contributed by atoms with Crippen LogP contribution in [0.25, 0.3) is 0 Å². The summed E-state index contributed by atoms with van der Waals surface area (Å²) >= 11 is 0. The second kappa shape index (κ2) is 7.53. The molecule has 0 saturated carbocycles. The molecule has 1 aromatic rings. The Kier molecular flexibility index (Phi) is 5.84. The molecule has 1 atom stereocenters. The van der Waals surface area contributed by atoms with Gasteiger partial charge in [-0.15, -0.1) is 0 Å². The molecule has 138 valence electrons. The number of nitrogens with zero attached hydrogens (tertiary/aromatic N) is 2. The zero-order valence-corrected chi connectivity index (χ0v) is 15.5. The van der Waals surface area contributed by atoms with Gasteiger partial charge >= 0.3 is 5.97 Å². The van der Waals surface area contributed by atoms with Crippen LogP contribution in [0.4, 0.5) is 0 Å². The van der Waals surface area contributed by atoms with Gasteiger partial charge in [-0.1, -0.05) is 19.9 Å². The van der Waals surface area contributed by atoms with Crippen molar-refractivity contribution >= 4 is 21.9 Å². The first kappa shape index (κ1) is 19.4. The minimum Gasteiger partial charge on any atom is -0.480 e. The lowest BCUT2D eigenvalue weighted by Crippen LogP contribution is -2.40. The highest BCUT2D eigenvalue weighted by Gasteiger charge is 2.35. The predicted octanol–water partition coefficient (Wildman–Crippen LogP) is 1.71. The highest BCUT2D eigenvalue weighted by atomic mass is 32.2. The maximum Gasteiger partial charge on any atom is 0.326 e. The molecule has 0 bridgehead atoms. The van der Waals surface area contributed by atoms with E-state index >= 15 is 0 Å². The van der Waals surface area contributed by atoms with Crippen molar-refractivity contribution in [3.63, 3.8) is 0 Å². The SMILES string of the molecule is CCN(CC)S(=O)(=O)c1cc(C(=O)N2CCCC2C(=O)O)ccc1C. The maximum absolute atomic E-state index is 12.8. The number of likely N-dealkylation sites (tertiary alicyclic amines) is 1. The number of carbonyl (C=O) groups excluding carboxylic acids is 1. The van der Waals surface area contributed by atoms with Crippen LogP contribution in [0.3, 0.4) is 0 Å². The molecule has 0 aliphatic carbocycles. The van der Waals surface area contributed by atoms with Gasteiger partial charge in [0.05, 0.1) is 4.90 Å². The number of amides is 1. The summed E-state index contributed by atoms with van der Waals surface area (Å²) in [5, 5.41) is 9.25. The fraction of sp³-hybridized carbons (Fsp3) is 0.529. The van der Waals surface area contributed by atoms with E-state index in [0.29, 0.717) is 38.0 Å². The molecule has 25 heavy (non-hydrogen) atoms. The maximum atomic E-state index is 12.8. The molecule has 8 heteroatoms. The first-order chi connectivity index (χ1) is 11.7. The van der Waals surface area contributed by atoms with E-state index in [-0.39, 0.29) is 10.5 Å². The number of hydrogen-bond donors (Lipinski definition) is 1. The van der Waals surface area contributed by atoms with Crippen molar-refractivity contribution in [2.24, 2.45) is 0 Å². The summed E-state index contributed by atoms with van der Waals surface area (Å²) in [6.45, 7) is 6.23. The Morgan fingerprint density at radius 1 is 1.28 bits per heavy atom. The molecule has 7 nitrogen and oxygen atoms in total. The topological polar surface area (TPSA) is 95.0 Å². The Balaban J connectivity index is 2.42. The third-order valence-corrected chi connectivity index (χ3v) is 6.75. The highest BCUT2D eigenvalue weighted by molar-refractivity contribution is 7.89. The number of sulfonamides is 1. The van der Waals surface area contributed by atoms with Crippen molar-refractivity contribution in [3.8, 4) is 0 Å². The van der Waals surface area contributed by atoms with Crippen molar-refractivity contribution in [3.05, 3.63) is 29.3 Å². The van der Waals surface area contributed by atoms with Gasteiger partial charge in [0.15, 0.2) is 0 Å². The second-order valence-corrected chi connectivity index (χ2v) is 7.97. The number of carboxylic acid groups (broad SMARTS) is 1. The van der Waals surface area contributed by atoms with Gasteiger partial charge in [0.1, 0.15) is 6.04 Å². The summed E-state index contributed by atoms with van der Waals surface area (Å²) in [4.78, 5) is 25.4. The number of carboxylic acids is 1. The summed E-state index contributed by atoms with van der Waals surface area (Å²) in [5.74, 6) is -1.48. The third-order valence-electron chi connectivity index (χ3n) is 4.56. The third kappa shape index (κ3) is 3.69. The molecule has 0 spiro atoms. The zero-order valence-electron chi connectivity index (χ0n) is 14.7. The van der Waals surface area contributed by atoms with E-state index in [1.807, 2.05) is 0 Å². The number of hydrogen-bond acceptors (Lipinski definition) is 4. The Bertz CT molecular complexity index is 771. The Labute approximate surface area is 148 Å². The van der Waals surface area contributed by atoms with Crippen LogP contribution in [0.15, 0.2) is 23.1 Å². The average molecular weight is 368 g/mol. The smallest absolute Gasteiger partial charge is 0.326 e. The highest BCUT2D eigenvalue weighted by Crippen LogP contribution is 2.25. The standard InChI is InChI=1S/C17H24N2O5S/c1-4-18(5-2)25(23,24)15-11-13(9-8-12(15)3)16(20)19-10-6-7-14(19)17(21)22/h8-9,11,14H,4-7,10H2,1-3H3,(H,21,22). The van der Waals surface area contributed by atoms with Crippen LogP contribution in [-0.4, -0.2) is 60.3 Å². The van der Waals surface area contributed by atoms with E-state index in [2.05, 4.69) is 0 Å². The summed E-state index contributed by atoms with van der Waals surface area (Å²) < 4.78 is 26.9. The lowest BCUT2D eigenvalue weighted by Gasteiger charge is -2.23. The van der Waals surface area contributed by atoms with Gasteiger partial charge in [0.2, 0.25) is 10.0 Å². The quantitative estimate of drug-likeness (QED) is 0.825. The Hall–Kier alpha value is -1.93. The molecule has 1 aliphatic heterocycles. The first-order valence-electron chi connectivity index (χ1n) is 8.38. The molecule has 0 radical (unpaired) electrons. The van der Waals surface area contributed by atoms with Gasteiger partial charge in [0, 0.05) is 25.2 Å². The number of aliphatic carboxylic acids is 1. The van der Waals surface area contributed by atoms with Gasteiger partial charge < -0.3 is 10.0 Å². The van der Waals surface area contributed by atoms with Crippen LogP contribution in [0.5, 0.6) is 0 Å². The molecule has 1 amide bonds. The molecule has 1 N–H and O–H groups in total. The summed E-state index contributed by atoms with van der Waals surface area (Å²) in [5.41, 5.74) is 0.754. The number of aryl methyl sites for hydroxylation is 1. The second-order valence-electron chi connectivity index (χ2n) is 6.06. The minimum atomic E-state index is -3.69. The van der Waals surface area contributed by atoms with E-state index in [1.54, 1.807) is 32.9 Å². The van der Waals surface area contributed by atoms with Gasteiger partial charge in [-0.3, -0.25) is 4.79 Å². The lowest BCUT2D eigenvalue weighted by molar-refractivity contribution is -0.141. The molecular weight excluding hydrogens is 344 g/mol. The average Bonchev–Trinajstić information content (AvgIpc) is 3.05. The monoisotopic (exact) mass is 368 g/mol.